The molecule has 2 aromatic carbocycles. The number of aromatic nitrogens is 3. The molecule has 0 radical (unpaired) electrons. The molecule has 0 spiro atoms. The number of esters is 1. The summed E-state index contributed by atoms with van der Waals surface area (Å²) in [6.07, 6.45) is 1.07. The molecule has 28 heavy (non-hydrogen) atoms. The number of hydrogen-bond donors (Lipinski definition) is 0. The highest BCUT2D eigenvalue weighted by atomic mass is 32.1. The Hall–Kier alpha value is -3.20. The van der Waals surface area contributed by atoms with Gasteiger partial charge in [-0.1, -0.05) is 23.5 Å². The van der Waals surface area contributed by atoms with Crippen molar-refractivity contribution in [3.63, 3.8) is 0 Å². The van der Waals surface area contributed by atoms with Crippen molar-refractivity contribution in [2.24, 2.45) is 0 Å². The van der Waals surface area contributed by atoms with Gasteiger partial charge in [0.1, 0.15) is 17.4 Å². The van der Waals surface area contributed by atoms with Crippen LogP contribution in [0.15, 0.2) is 42.6 Å². The first-order valence-electron chi connectivity index (χ1n) is 8.50. The van der Waals surface area contributed by atoms with Gasteiger partial charge in [0.25, 0.3) is 0 Å². The topological polar surface area (TPSA) is 68.2 Å². The molecule has 1 aliphatic heterocycles. The molecule has 0 saturated carbocycles. The molecular formula is C19H12F2N4O2S. The van der Waals surface area contributed by atoms with E-state index in [1.165, 1.54) is 23.6 Å². The minimum Gasteiger partial charge on any atom is -0.454 e. The Balaban J connectivity index is 1.26. The first kappa shape index (κ1) is 16.9. The summed E-state index contributed by atoms with van der Waals surface area (Å²) in [5, 5.41) is 0.567. The van der Waals surface area contributed by atoms with Crippen molar-refractivity contribution in [1.29, 1.82) is 0 Å². The Morgan fingerprint density at radius 3 is 2.75 bits per heavy atom. The fraction of sp³-hybridized carbons (Fsp3) is 0.158. The molecule has 140 valence electrons. The van der Waals surface area contributed by atoms with E-state index < -0.39 is 17.6 Å². The predicted octanol–water partition coefficient (Wildman–Crippen LogP) is 3.56. The summed E-state index contributed by atoms with van der Waals surface area (Å²) in [7, 11) is 0. The number of carbonyl (C=O) groups is 1. The van der Waals surface area contributed by atoms with Crippen molar-refractivity contribution in [3.05, 3.63) is 59.9 Å². The lowest BCUT2D eigenvalue weighted by molar-refractivity contribution is 0.0227. The highest BCUT2D eigenvalue weighted by Crippen LogP contribution is 2.33. The molecule has 0 unspecified atom stereocenters. The van der Waals surface area contributed by atoms with Crippen LogP contribution in [0.4, 0.5) is 13.9 Å². The highest BCUT2D eigenvalue weighted by molar-refractivity contribution is 7.22. The van der Waals surface area contributed by atoms with E-state index in [0.29, 0.717) is 34.0 Å². The predicted molar refractivity (Wildman–Crippen MR) is 100 cm³/mol. The fourth-order valence-corrected chi connectivity index (χ4v) is 4.04. The molecule has 6 nitrogen and oxygen atoms in total. The first-order valence-corrected chi connectivity index (χ1v) is 9.32. The molecule has 0 bridgehead atoms. The molecule has 0 amide bonds. The van der Waals surface area contributed by atoms with Crippen molar-refractivity contribution in [1.82, 2.24) is 15.0 Å². The van der Waals surface area contributed by atoms with E-state index in [4.69, 9.17) is 4.74 Å². The number of halogens is 2. The molecule has 0 atom stereocenters. The van der Waals surface area contributed by atoms with E-state index >= 15 is 0 Å². The third-order valence-corrected chi connectivity index (χ3v) is 5.52. The van der Waals surface area contributed by atoms with E-state index in [0.717, 1.165) is 6.07 Å². The van der Waals surface area contributed by atoms with Gasteiger partial charge in [0.15, 0.2) is 16.6 Å². The van der Waals surface area contributed by atoms with Gasteiger partial charge in [0, 0.05) is 6.07 Å². The standard InChI is InChI=1S/C19H12F2N4O2S/c20-10-5-12(21)17-16(6-10)28-19(24-17)25-8-11(9-25)27-18(26)15-7-22-13-3-1-2-4-14(13)23-15/h1-7,11H,8-9H2. The zero-order chi connectivity index (χ0) is 19.3. The van der Waals surface area contributed by atoms with Gasteiger partial charge in [0.05, 0.1) is 35.0 Å². The maximum atomic E-state index is 13.8. The lowest BCUT2D eigenvalue weighted by Gasteiger charge is -2.37. The summed E-state index contributed by atoms with van der Waals surface area (Å²) in [6, 6.07) is 9.34. The summed E-state index contributed by atoms with van der Waals surface area (Å²) in [6.45, 7) is 0.855. The normalized spacial score (nSPS) is 14.4. The van der Waals surface area contributed by atoms with E-state index in [1.807, 2.05) is 23.1 Å². The Morgan fingerprint density at radius 2 is 1.93 bits per heavy atom. The molecule has 4 aromatic rings. The largest absolute Gasteiger partial charge is 0.454 e. The molecule has 2 aromatic heterocycles. The number of hydrogen-bond acceptors (Lipinski definition) is 7. The summed E-state index contributed by atoms with van der Waals surface area (Å²) >= 11 is 1.20. The Kier molecular flexibility index (Phi) is 3.90. The molecule has 1 saturated heterocycles. The van der Waals surface area contributed by atoms with E-state index in [1.54, 1.807) is 6.07 Å². The molecule has 0 N–H and O–H groups in total. The minimum atomic E-state index is -0.684. The second-order valence-electron chi connectivity index (χ2n) is 6.41. The van der Waals surface area contributed by atoms with Crippen molar-refractivity contribution in [3.8, 4) is 0 Å². The molecule has 1 fully saturated rings. The van der Waals surface area contributed by atoms with E-state index in [9.17, 15) is 13.6 Å². The average molecular weight is 398 g/mol. The van der Waals surface area contributed by atoms with Crippen LogP contribution in [0, 0.1) is 11.6 Å². The fourth-order valence-electron chi connectivity index (χ4n) is 3.02. The smallest absolute Gasteiger partial charge is 0.358 e. The van der Waals surface area contributed by atoms with Crippen LogP contribution in [-0.4, -0.2) is 40.1 Å². The zero-order valence-electron chi connectivity index (χ0n) is 14.3. The lowest BCUT2D eigenvalue weighted by atomic mass is 10.2. The summed E-state index contributed by atoms with van der Waals surface area (Å²) in [4.78, 5) is 26.9. The van der Waals surface area contributed by atoms with Crippen molar-refractivity contribution in [2.75, 3.05) is 18.0 Å². The maximum Gasteiger partial charge on any atom is 0.358 e. The molecular weight excluding hydrogens is 386 g/mol. The van der Waals surface area contributed by atoms with Crippen LogP contribution in [0.5, 0.6) is 0 Å². The van der Waals surface area contributed by atoms with Crippen LogP contribution in [-0.2, 0) is 4.74 Å². The summed E-state index contributed by atoms with van der Waals surface area (Å²) < 4.78 is 33.0. The number of benzene rings is 2. The second-order valence-corrected chi connectivity index (χ2v) is 7.42. The summed E-state index contributed by atoms with van der Waals surface area (Å²) in [5.41, 5.74) is 1.62. The minimum absolute atomic E-state index is 0.147. The van der Waals surface area contributed by atoms with Crippen LogP contribution in [0.2, 0.25) is 0 Å². The van der Waals surface area contributed by atoms with Gasteiger partial charge in [-0.2, -0.15) is 0 Å². The third kappa shape index (κ3) is 2.93. The van der Waals surface area contributed by atoms with Gasteiger partial charge in [-0.05, 0) is 18.2 Å². The average Bonchev–Trinajstić information content (AvgIpc) is 3.07. The van der Waals surface area contributed by atoms with Gasteiger partial charge in [-0.3, -0.25) is 4.98 Å². The van der Waals surface area contributed by atoms with Crippen molar-refractivity contribution < 1.29 is 18.3 Å². The van der Waals surface area contributed by atoms with Crippen LogP contribution in [0.25, 0.3) is 21.3 Å². The van der Waals surface area contributed by atoms with Crippen LogP contribution >= 0.6 is 11.3 Å². The zero-order valence-corrected chi connectivity index (χ0v) is 15.1. The van der Waals surface area contributed by atoms with Crippen LogP contribution in [0.1, 0.15) is 10.5 Å². The number of fused-ring (bicyclic) bond motifs is 2. The number of rotatable bonds is 3. The van der Waals surface area contributed by atoms with Crippen molar-refractivity contribution in [2.45, 2.75) is 6.10 Å². The number of para-hydroxylation sites is 2. The van der Waals surface area contributed by atoms with Gasteiger partial charge in [-0.25, -0.2) is 23.5 Å². The number of thiazole rings is 1. The number of carbonyl (C=O) groups excluding carboxylic acids is 1. The lowest BCUT2D eigenvalue weighted by Crippen LogP contribution is -2.53. The molecule has 3 heterocycles. The van der Waals surface area contributed by atoms with Crippen LogP contribution in [0.3, 0.4) is 0 Å². The number of ether oxygens (including phenoxy) is 1. The van der Waals surface area contributed by atoms with Gasteiger partial charge < -0.3 is 9.64 Å². The first-order chi connectivity index (χ1) is 13.6. The van der Waals surface area contributed by atoms with E-state index in [-0.39, 0.29) is 17.3 Å². The maximum absolute atomic E-state index is 13.8. The monoisotopic (exact) mass is 398 g/mol. The highest BCUT2D eigenvalue weighted by Gasteiger charge is 2.33. The van der Waals surface area contributed by atoms with Gasteiger partial charge in [0.2, 0.25) is 0 Å². The number of anilines is 1. The Morgan fingerprint density at radius 1 is 1.14 bits per heavy atom. The Bertz CT molecular complexity index is 1220. The quantitative estimate of drug-likeness (QED) is 0.492. The number of nitrogens with zero attached hydrogens (tertiary/aromatic N) is 4. The Labute approximate surface area is 161 Å². The molecule has 5 rings (SSSR count). The third-order valence-electron chi connectivity index (χ3n) is 4.45. The van der Waals surface area contributed by atoms with Gasteiger partial charge in [-0.15, -0.1) is 0 Å². The second kappa shape index (κ2) is 6.45. The van der Waals surface area contributed by atoms with Crippen molar-refractivity contribution >= 4 is 43.7 Å². The summed E-state index contributed by atoms with van der Waals surface area (Å²) in [5.74, 6) is -1.86. The van der Waals surface area contributed by atoms with E-state index in [2.05, 4.69) is 15.0 Å². The van der Waals surface area contributed by atoms with Crippen LogP contribution < -0.4 is 4.90 Å². The molecule has 0 aliphatic carbocycles. The van der Waals surface area contributed by atoms with Gasteiger partial charge >= 0.3 is 5.97 Å². The molecule has 1 aliphatic rings. The SMILES string of the molecule is O=C(OC1CN(c2nc3c(F)cc(F)cc3s2)C1)c1cnc2ccccc2n1. The molecule has 9 heteroatoms.